The van der Waals surface area contributed by atoms with E-state index in [2.05, 4.69) is 11.9 Å². The summed E-state index contributed by atoms with van der Waals surface area (Å²) in [5, 5.41) is 11.2. The monoisotopic (exact) mass is 329 g/mol. The summed E-state index contributed by atoms with van der Waals surface area (Å²) in [6.07, 6.45) is 5.78. The molecule has 0 bridgehead atoms. The van der Waals surface area contributed by atoms with Gasteiger partial charge >= 0.3 is 0 Å². The first kappa shape index (κ1) is 16.5. The lowest BCUT2D eigenvalue weighted by Crippen LogP contribution is -2.33. The second-order valence-corrected chi connectivity index (χ2v) is 7.96. The van der Waals surface area contributed by atoms with Crippen molar-refractivity contribution in [2.75, 3.05) is 0 Å². The molecule has 0 spiro atoms. The largest absolute Gasteiger partial charge is 0.613 e. The van der Waals surface area contributed by atoms with Gasteiger partial charge in [0.1, 0.15) is 5.25 Å². The zero-order chi connectivity index (χ0) is 16.3. The molecule has 23 heavy (non-hydrogen) atoms. The molecule has 3 rings (SSSR count). The van der Waals surface area contributed by atoms with Gasteiger partial charge in [-0.2, -0.15) is 0 Å². The molecule has 1 aliphatic rings. The van der Waals surface area contributed by atoms with Gasteiger partial charge in [-0.25, -0.2) is 0 Å². The van der Waals surface area contributed by atoms with Gasteiger partial charge in [-0.05, 0) is 42.6 Å². The van der Waals surface area contributed by atoms with Gasteiger partial charge in [0, 0.05) is 29.4 Å². The predicted octanol–water partition coefficient (Wildman–Crippen LogP) is 3.85. The molecule has 0 aliphatic carbocycles. The summed E-state index contributed by atoms with van der Waals surface area (Å²) in [6, 6.07) is 13.6. The lowest BCUT2D eigenvalue weighted by Gasteiger charge is -2.27. The predicted molar refractivity (Wildman–Crippen MR) is 93.3 cm³/mol. The number of aromatic nitrogens is 1. The molecule has 0 amide bonds. The van der Waals surface area contributed by atoms with Crippen LogP contribution in [0.4, 0.5) is 0 Å². The Labute approximate surface area is 141 Å². The topological polar surface area (TPSA) is 56.2 Å². The van der Waals surface area contributed by atoms with Crippen LogP contribution in [0.25, 0.3) is 0 Å². The van der Waals surface area contributed by atoms with Crippen LogP contribution >= 0.6 is 0 Å². The van der Waals surface area contributed by atoms with E-state index < -0.39 is 16.1 Å². The fourth-order valence-corrected chi connectivity index (χ4v) is 5.32. The molecule has 0 radical (unpaired) electrons. The average Bonchev–Trinajstić information content (AvgIpc) is 2.81. The molecular formula is C19H23NO2S. The highest BCUT2D eigenvalue weighted by Gasteiger charge is 2.54. The standard InChI is InChI=1S/C19H23NO2S/c1-2-3-11-18-16-9-4-5-10-17(16)19(21,23(18)22)13-12-15-8-6-7-14-20-15/h4-10,14,18,21H,2-3,11-13H2,1H3. The second kappa shape index (κ2) is 7.04. The first-order chi connectivity index (χ1) is 11.2. The van der Waals surface area contributed by atoms with Crippen molar-refractivity contribution in [3.63, 3.8) is 0 Å². The van der Waals surface area contributed by atoms with Crippen molar-refractivity contribution in [1.82, 2.24) is 4.98 Å². The van der Waals surface area contributed by atoms with E-state index in [1.807, 2.05) is 42.5 Å². The molecule has 1 N–H and O–H groups in total. The van der Waals surface area contributed by atoms with Gasteiger partial charge in [-0.15, -0.1) is 0 Å². The van der Waals surface area contributed by atoms with Crippen molar-refractivity contribution < 1.29 is 9.66 Å². The summed E-state index contributed by atoms with van der Waals surface area (Å²) in [7, 11) is 0. The zero-order valence-electron chi connectivity index (χ0n) is 13.4. The van der Waals surface area contributed by atoms with Crippen molar-refractivity contribution in [2.45, 2.75) is 49.2 Å². The first-order valence-corrected chi connectivity index (χ1v) is 9.50. The van der Waals surface area contributed by atoms with E-state index in [4.69, 9.17) is 0 Å². The van der Waals surface area contributed by atoms with Crippen molar-refractivity contribution in [2.24, 2.45) is 0 Å². The van der Waals surface area contributed by atoms with Crippen molar-refractivity contribution in [3.05, 3.63) is 65.5 Å². The molecule has 2 heterocycles. The normalized spacial score (nSPS) is 26.2. The molecule has 3 atom stereocenters. The fourth-order valence-electron chi connectivity index (χ4n) is 3.32. The average molecular weight is 329 g/mol. The molecule has 0 saturated heterocycles. The lowest BCUT2D eigenvalue weighted by molar-refractivity contribution is 0.117. The Bertz CT molecular complexity index is 649. The van der Waals surface area contributed by atoms with E-state index in [0.29, 0.717) is 12.8 Å². The Hall–Kier alpha value is -1.36. The SMILES string of the molecule is CCCCC1c2ccccc2C(O)(CCc2ccccn2)[S+]1[O-]. The van der Waals surface area contributed by atoms with Crippen molar-refractivity contribution >= 4 is 11.2 Å². The highest BCUT2D eigenvalue weighted by molar-refractivity contribution is 7.92. The summed E-state index contributed by atoms with van der Waals surface area (Å²) < 4.78 is 13.1. The van der Waals surface area contributed by atoms with E-state index in [0.717, 1.165) is 36.1 Å². The maximum absolute atomic E-state index is 13.1. The minimum absolute atomic E-state index is 0.0557. The van der Waals surface area contributed by atoms with Gasteiger partial charge in [0.05, 0.1) is 0 Å². The second-order valence-electron chi connectivity index (χ2n) is 6.12. The van der Waals surface area contributed by atoms with Gasteiger partial charge in [-0.3, -0.25) is 4.98 Å². The van der Waals surface area contributed by atoms with Crippen LogP contribution in [-0.2, 0) is 22.5 Å². The molecule has 3 nitrogen and oxygen atoms in total. The molecule has 2 aromatic rings. The van der Waals surface area contributed by atoms with Crippen LogP contribution in [0, 0.1) is 0 Å². The third-order valence-electron chi connectivity index (χ3n) is 4.59. The Morgan fingerprint density at radius 3 is 2.74 bits per heavy atom. The molecule has 122 valence electrons. The summed E-state index contributed by atoms with van der Waals surface area (Å²) in [6.45, 7) is 2.14. The van der Waals surface area contributed by atoms with Crippen LogP contribution in [0.3, 0.4) is 0 Å². The number of hydrogen-bond donors (Lipinski definition) is 1. The maximum atomic E-state index is 13.1. The lowest BCUT2D eigenvalue weighted by atomic mass is 9.95. The quantitative estimate of drug-likeness (QED) is 0.819. The molecule has 0 fully saturated rings. The van der Waals surface area contributed by atoms with Crippen LogP contribution in [0.2, 0.25) is 0 Å². The van der Waals surface area contributed by atoms with E-state index in [1.165, 1.54) is 0 Å². The molecule has 1 aliphatic heterocycles. The van der Waals surface area contributed by atoms with E-state index in [9.17, 15) is 9.66 Å². The smallest absolute Gasteiger partial charge is 0.250 e. The number of rotatable bonds is 6. The molecule has 1 aromatic heterocycles. The van der Waals surface area contributed by atoms with E-state index in [-0.39, 0.29) is 5.25 Å². The summed E-state index contributed by atoms with van der Waals surface area (Å²) in [4.78, 5) is 3.05. The number of aryl methyl sites for hydroxylation is 1. The Kier molecular flexibility index (Phi) is 5.05. The number of hydrogen-bond acceptors (Lipinski definition) is 3. The molecule has 0 saturated carbocycles. The van der Waals surface area contributed by atoms with Gasteiger partial charge in [0.15, 0.2) is 0 Å². The van der Waals surface area contributed by atoms with Crippen molar-refractivity contribution in [1.29, 1.82) is 0 Å². The molecule has 4 heteroatoms. The van der Waals surface area contributed by atoms with Crippen LogP contribution in [0.5, 0.6) is 0 Å². The number of nitrogens with zero attached hydrogens (tertiary/aromatic N) is 1. The highest BCUT2D eigenvalue weighted by Crippen LogP contribution is 2.51. The number of pyridine rings is 1. The molecule has 1 aromatic carbocycles. The van der Waals surface area contributed by atoms with Gasteiger partial charge in [-0.1, -0.05) is 43.7 Å². The number of aliphatic hydroxyl groups is 1. The Morgan fingerprint density at radius 2 is 2.00 bits per heavy atom. The highest BCUT2D eigenvalue weighted by atomic mass is 32.2. The van der Waals surface area contributed by atoms with E-state index in [1.54, 1.807) is 6.20 Å². The van der Waals surface area contributed by atoms with Gasteiger partial charge < -0.3 is 9.66 Å². The zero-order valence-corrected chi connectivity index (χ0v) is 14.3. The van der Waals surface area contributed by atoms with Gasteiger partial charge in [0.2, 0.25) is 0 Å². The summed E-state index contributed by atoms with van der Waals surface area (Å²) in [5.74, 6) is 0. The first-order valence-electron chi connectivity index (χ1n) is 8.29. The third-order valence-corrected chi connectivity index (χ3v) is 6.68. The summed E-state index contributed by atoms with van der Waals surface area (Å²) in [5.41, 5.74) is 2.82. The molecular weight excluding hydrogens is 306 g/mol. The minimum atomic E-state index is -1.31. The maximum Gasteiger partial charge on any atom is 0.250 e. The number of fused-ring (bicyclic) bond motifs is 1. The van der Waals surface area contributed by atoms with Crippen molar-refractivity contribution in [3.8, 4) is 0 Å². The van der Waals surface area contributed by atoms with Crippen LogP contribution < -0.4 is 0 Å². The number of benzene rings is 1. The van der Waals surface area contributed by atoms with Crippen LogP contribution in [0.1, 0.15) is 54.7 Å². The Balaban J connectivity index is 1.85. The third kappa shape index (κ3) is 3.16. The molecule has 3 unspecified atom stereocenters. The Morgan fingerprint density at radius 1 is 1.22 bits per heavy atom. The minimum Gasteiger partial charge on any atom is -0.613 e. The summed E-state index contributed by atoms with van der Waals surface area (Å²) >= 11 is -1.31. The van der Waals surface area contributed by atoms with E-state index >= 15 is 0 Å². The van der Waals surface area contributed by atoms with Crippen LogP contribution in [0.15, 0.2) is 48.7 Å². The van der Waals surface area contributed by atoms with Crippen LogP contribution in [-0.4, -0.2) is 14.6 Å². The van der Waals surface area contributed by atoms with Gasteiger partial charge in [0.25, 0.3) is 4.93 Å². The number of unbranched alkanes of at least 4 members (excludes halogenated alkanes) is 1. The fraction of sp³-hybridized carbons (Fsp3) is 0.421.